The average Bonchev–Trinajstić information content (AvgIpc) is 2.75. The molecule has 0 fully saturated rings. The molecule has 82 valence electrons. The standard InChI is InChI=1S/C11H11N3S2/c1-14(2)8-13-11(15)9(7-12)6-10-4-3-5-16-10/h3-6,8H,1-2H3/b9-6-,13-8?. The van der Waals surface area contributed by atoms with E-state index in [2.05, 4.69) is 11.1 Å². The highest BCUT2D eigenvalue weighted by atomic mass is 32.1. The van der Waals surface area contributed by atoms with Crippen LogP contribution in [0.1, 0.15) is 4.88 Å². The summed E-state index contributed by atoms with van der Waals surface area (Å²) >= 11 is 6.61. The predicted octanol–water partition coefficient (Wildman–Crippen LogP) is 2.57. The van der Waals surface area contributed by atoms with E-state index in [1.54, 1.807) is 28.7 Å². The Bertz CT molecular complexity index is 450. The van der Waals surface area contributed by atoms with Crippen LogP contribution in [0.5, 0.6) is 0 Å². The first-order chi connectivity index (χ1) is 7.63. The zero-order valence-electron chi connectivity index (χ0n) is 9.04. The lowest BCUT2D eigenvalue weighted by Crippen LogP contribution is -2.09. The zero-order chi connectivity index (χ0) is 12.0. The fourth-order valence-corrected chi connectivity index (χ4v) is 1.70. The van der Waals surface area contributed by atoms with Gasteiger partial charge in [0, 0.05) is 19.0 Å². The maximum atomic E-state index is 8.97. The van der Waals surface area contributed by atoms with E-state index in [0.29, 0.717) is 10.6 Å². The second-order valence-electron chi connectivity index (χ2n) is 3.20. The van der Waals surface area contributed by atoms with Gasteiger partial charge in [0.15, 0.2) is 0 Å². The summed E-state index contributed by atoms with van der Waals surface area (Å²) in [6, 6.07) is 5.92. The summed E-state index contributed by atoms with van der Waals surface area (Å²) in [4.78, 5) is 7.10. The van der Waals surface area contributed by atoms with Crippen LogP contribution in [-0.2, 0) is 0 Å². The third-order valence-electron chi connectivity index (χ3n) is 1.59. The molecule has 0 N–H and O–H groups in total. The molecule has 1 aromatic rings. The number of thiophene rings is 1. The number of nitrogens with zero attached hydrogens (tertiary/aromatic N) is 3. The van der Waals surface area contributed by atoms with Gasteiger partial charge in [-0.1, -0.05) is 18.3 Å². The van der Waals surface area contributed by atoms with E-state index >= 15 is 0 Å². The summed E-state index contributed by atoms with van der Waals surface area (Å²) in [5.74, 6) is 0. The number of nitriles is 1. The van der Waals surface area contributed by atoms with Gasteiger partial charge >= 0.3 is 0 Å². The van der Waals surface area contributed by atoms with Crippen LogP contribution in [0.25, 0.3) is 6.08 Å². The molecule has 16 heavy (non-hydrogen) atoms. The van der Waals surface area contributed by atoms with Crippen LogP contribution in [0.2, 0.25) is 0 Å². The minimum absolute atomic E-state index is 0.310. The molecular weight excluding hydrogens is 238 g/mol. The van der Waals surface area contributed by atoms with E-state index in [9.17, 15) is 0 Å². The van der Waals surface area contributed by atoms with Crippen molar-refractivity contribution < 1.29 is 0 Å². The van der Waals surface area contributed by atoms with Crippen molar-refractivity contribution in [2.24, 2.45) is 4.99 Å². The van der Waals surface area contributed by atoms with Crippen molar-refractivity contribution in [3.05, 3.63) is 28.0 Å². The highest BCUT2D eigenvalue weighted by molar-refractivity contribution is 7.80. The molecule has 0 aromatic carbocycles. The summed E-state index contributed by atoms with van der Waals surface area (Å²) in [6.45, 7) is 0. The smallest absolute Gasteiger partial charge is 0.145 e. The molecule has 0 aliphatic carbocycles. The fourth-order valence-electron chi connectivity index (χ4n) is 0.895. The molecule has 0 aliphatic rings. The number of thiocarbonyl (C=S) groups is 1. The lowest BCUT2D eigenvalue weighted by Gasteiger charge is -2.02. The molecule has 0 unspecified atom stereocenters. The first-order valence-electron chi connectivity index (χ1n) is 4.53. The van der Waals surface area contributed by atoms with Gasteiger partial charge < -0.3 is 4.90 Å². The molecule has 0 bridgehead atoms. The summed E-state index contributed by atoms with van der Waals surface area (Å²) in [7, 11) is 3.70. The Labute approximate surface area is 104 Å². The van der Waals surface area contributed by atoms with E-state index in [1.807, 2.05) is 31.6 Å². The lowest BCUT2D eigenvalue weighted by atomic mass is 10.2. The molecule has 1 aromatic heterocycles. The molecule has 1 rings (SSSR count). The summed E-state index contributed by atoms with van der Waals surface area (Å²) in [6.07, 6.45) is 3.34. The Morgan fingerprint density at radius 3 is 2.88 bits per heavy atom. The quantitative estimate of drug-likeness (QED) is 0.272. The number of hydrogen-bond acceptors (Lipinski definition) is 3. The van der Waals surface area contributed by atoms with E-state index in [-0.39, 0.29) is 0 Å². The summed E-state index contributed by atoms with van der Waals surface area (Å²) < 4.78 is 0. The molecule has 3 nitrogen and oxygen atoms in total. The van der Waals surface area contributed by atoms with E-state index in [4.69, 9.17) is 17.5 Å². The summed E-state index contributed by atoms with van der Waals surface area (Å²) in [5.41, 5.74) is 0.413. The normalized spacial score (nSPS) is 11.4. The molecule has 0 atom stereocenters. The second kappa shape index (κ2) is 6.16. The molecule has 0 spiro atoms. The molecule has 0 amide bonds. The first kappa shape index (κ1) is 12.6. The van der Waals surface area contributed by atoms with Crippen molar-refractivity contribution in [1.82, 2.24) is 4.90 Å². The van der Waals surface area contributed by atoms with Gasteiger partial charge in [0.25, 0.3) is 0 Å². The number of rotatable bonds is 3. The maximum Gasteiger partial charge on any atom is 0.145 e. The molecule has 0 saturated carbocycles. The Balaban J connectivity index is 2.84. The van der Waals surface area contributed by atoms with Crippen molar-refractivity contribution >= 4 is 41.0 Å². The van der Waals surface area contributed by atoms with Crippen molar-refractivity contribution in [2.45, 2.75) is 0 Å². The van der Waals surface area contributed by atoms with Gasteiger partial charge in [-0.3, -0.25) is 0 Å². The van der Waals surface area contributed by atoms with Gasteiger partial charge in [-0.05, 0) is 17.5 Å². The fraction of sp³-hybridized carbons (Fsp3) is 0.182. The third-order valence-corrected chi connectivity index (χ3v) is 2.73. The van der Waals surface area contributed by atoms with Crippen LogP contribution in [0.3, 0.4) is 0 Å². The molecular formula is C11H11N3S2. The predicted molar refractivity (Wildman–Crippen MR) is 72.7 cm³/mol. The Kier molecular flexibility index (Phi) is 4.83. The molecule has 0 saturated heterocycles. The maximum absolute atomic E-state index is 8.97. The topological polar surface area (TPSA) is 39.4 Å². The van der Waals surface area contributed by atoms with Crippen LogP contribution in [0.4, 0.5) is 0 Å². The van der Waals surface area contributed by atoms with Gasteiger partial charge in [-0.2, -0.15) is 5.26 Å². The number of aliphatic imine (C=N–C) groups is 1. The van der Waals surface area contributed by atoms with Crippen molar-refractivity contribution in [3.8, 4) is 6.07 Å². The van der Waals surface area contributed by atoms with Crippen molar-refractivity contribution in [1.29, 1.82) is 5.26 Å². The van der Waals surface area contributed by atoms with Crippen LogP contribution >= 0.6 is 23.6 Å². The minimum atomic E-state index is 0.310. The van der Waals surface area contributed by atoms with Crippen molar-refractivity contribution in [2.75, 3.05) is 14.1 Å². The van der Waals surface area contributed by atoms with Gasteiger partial charge in [0.05, 0.1) is 11.9 Å². The molecule has 0 radical (unpaired) electrons. The first-order valence-corrected chi connectivity index (χ1v) is 5.82. The Morgan fingerprint density at radius 2 is 2.38 bits per heavy atom. The largest absolute Gasteiger partial charge is 0.369 e. The monoisotopic (exact) mass is 249 g/mol. The minimum Gasteiger partial charge on any atom is -0.369 e. The van der Waals surface area contributed by atoms with Gasteiger partial charge in [-0.15, -0.1) is 11.3 Å². The lowest BCUT2D eigenvalue weighted by molar-refractivity contribution is 0.644. The van der Waals surface area contributed by atoms with E-state index in [0.717, 1.165) is 4.88 Å². The van der Waals surface area contributed by atoms with Crippen LogP contribution in [0.15, 0.2) is 28.1 Å². The molecule has 5 heteroatoms. The number of hydrogen-bond donors (Lipinski definition) is 0. The zero-order valence-corrected chi connectivity index (χ0v) is 10.7. The second-order valence-corrected chi connectivity index (χ2v) is 4.56. The highest BCUT2D eigenvalue weighted by Gasteiger charge is 2.02. The average molecular weight is 249 g/mol. The Morgan fingerprint density at radius 1 is 1.62 bits per heavy atom. The van der Waals surface area contributed by atoms with Crippen molar-refractivity contribution in [3.63, 3.8) is 0 Å². The SMILES string of the molecule is CN(C)C=NC(=S)/C(C#N)=C\c1cccs1. The van der Waals surface area contributed by atoms with Gasteiger partial charge in [0.1, 0.15) is 11.1 Å². The van der Waals surface area contributed by atoms with E-state index in [1.165, 1.54) is 0 Å². The van der Waals surface area contributed by atoms with Crippen LogP contribution < -0.4 is 0 Å². The Hall–Kier alpha value is -1.51. The highest BCUT2D eigenvalue weighted by Crippen LogP contribution is 2.14. The van der Waals surface area contributed by atoms with Crippen LogP contribution in [-0.4, -0.2) is 30.3 Å². The molecule has 0 aliphatic heterocycles. The molecule has 1 heterocycles. The van der Waals surface area contributed by atoms with Gasteiger partial charge in [-0.25, -0.2) is 4.99 Å². The van der Waals surface area contributed by atoms with Gasteiger partial charge in [0.2, 0.25) is 0 Å². The summed E-state index contributed by atoms with van der Waals surface area (Å²) in [5, 5.41) is 10.9. The van der Waals surface area contributed by atoms with Crippen LogP contribution in [0, 0.1) is 11.3 Å². The third kappa shape index (κ3) is 3.93. The van der Waals surface area contributed by atoms with E-state index < -0.39 is 0 Å².